The van der Waals surface area contributed by atoms with Gasteiger partial charge in [-0.2, -0.15) is 0 Å². The molecule has 0 saturated carbocycles. The number of hydrogen-bond acceptors (Lipinski definition) is 8. The van der Waals surface area contributed by atoms with E-state index in [4.69, 9.17) is 19.2 Å². The second kappa shape index (κ2) is 12.7. The smallest absolute Gasteiger partial charge is 0.337 e. The Morgan fingerprint density at radius 2 is 1.74 bits per heavy atom. The van der Waals surface area contributed by atoms with Gasteiger partial charge in [-0.15, -0.1) is 12.4 Å². The maximum Gasteiger partial charge on any atom is 0.337 e. The second-order valence-corrected chi connectivity index (χ2v) is 8.74. The van der Waals surface area contributed by atoms with Crippen LogP contribution in [0.4, 0.5) is 5.69 Å². The molecule has 186 valence electrons. The number of esters is 1. The third-order valence-electron chi connectivity index (χ3n) is 5.56. The van der Waals surface area contributed by atoms with E-state index >= 15 is 0 Å². The van der Waals surface area contributed by atoms with E-state index in [-0.39, 0.29) is 18.3 Å². The van der Waals surface area contributed by atoms with Crippen LogP contribution >= 0.6 is 24.2 Å². The molecule has 2 aromatic carbocycles. The fourth-order valence-corrected chi connectivity index (χ4v) is 4.63. The zero-order valence-corrected chi connectivity index (χ0v) is 21.3. The van der Waals surface area contributed by atoms with Gasteiger partial charge in [0, 0.05) is 26.2 Å². The minimum atomic E-state index is -0.395. The SMILES string of the molecule is COC(=O)c1ccc(C=C2SC(=Nc3ccc(OC)cc3)N(CCN3CCOCC3)C2=O)cc1.Cl. The summed E-state index contributed by atoms with van der Waals surface area (Å²) in [4.78, 5) is 34.4. The largest absolute Gasteiger partial charge is 0.497 e. The van der Waals surface area contributed by atoms with Crippen molar-refractivity contribution in [2.45, 2.75) is 0 Å². The Bertz CT molecular complexity index is 1080. The molecule has 0 atom stereocenters. The summed E-state index contributed by atoms with van der Waals surface area (Å²) < 4.78 is 15.4. The fourth-order valence-electron chi connectivity index (χ4n) is 3.61. The lowest BCUT2D eigenvalue weighted by atomic mass is 10.1. The number of rotatable bonds is 7. The topological polar surface area (TPSA) is 80.7 Å². The third kappa shape index (κ3) is 6.85. The number of carbonyl (C=O) groups is 2. The molecule has 1 amide bonds. The lowest BCUT2D eigenvalue weighted by molar-refractivity contribution is -0.122. The van der Waals surface area contributed by atoms with Crippen LogP contribution in [0.1, 0.15) is 15.9 Å². The van der Waals surface area contributed by atoms with E-state index in [2.05, 4.69) is 4.90 Å². The molecule has 0 aliphatic carbocycles. The van der Waals surface area contributed by atoms with E-state index in [1.807, 2.05) is 30.3 Å². The van der Waals surface area contributed by atoms with Crippen molar-refractivity contribution in [3.63, 3.8) is 0 Å². The summed E-state index contributed by atoms with van der Waals surface area (Å²) in [7, 11) is 2.97. The molecule has 0 unspecified atom stereocenters. The Hall–Kier alpha value is -2.85. The molecule has 4 rings (SSSR count). The molecule has 0 aromatic heterocycles. The van der Waals surface area contributed by atoms with Crippen molar-refractivity contribution in [3.05, 3.63) is 64.6 Å². The van der Waals surface area contributed by atoms with Gasteiger partial charge in [0.15, 0.2) is 5.17 Å². The normalized spacial score (nSPS) is 18.6. The first-order chi connectivity index (χ1) is 16.6. The molecule has 2 aromatic rings. The molecule has 0 bridgehead atoms. The fraction of sp³-hybridized carbons (Fsp3) is 0.320. The average molecular weight is 518 g/mol. The summed E-state index contributed by atoms with van der Waals surface area (Å²) in [5.41, 5.74) is 2.03. The molecule has 2 aliphatic rings. The Kier molecular flexibility index (Phi) is 9.73. The molecule has 2 saturated heterocycles. The molecule has 2 heterocycles. The van der Waals surface area contributed by atoms with Crippen LogP contribution in [-0.4, -0.2) is 80.5 Å². The number of benzene rings is 2. The predicted molar refractivity (Wildman–Crippen MR) is 140 cm³/mol. The Morgan fingerprint density at radius 3 is 2.37 bits per heavy atom. The van der Waals surface area contributed by atoms with Crippen molar-refractivity contribution in [1.82, 2.24) is 9.80 Å². The van der Waals surface area contributed by atoms with Gasteiger partial charge in [0.25, 0.3) is 5.91 Å². The standard InChI is InChI=1S/C25H27N3O5S.ClH/c1-31-21-9-7-20(8-10-21)26-25-28(12-11-27-13-15-33-16-14-27)23(29)22(34-25)17-18-3-5-19(6-4-18)24(30)32-2;/h3-10,17H,11-16H2,1-2H3;1H. The number of methoxy groups -OCH3 is 2. The summed E-state index contributed by atoms with van der Waals surface area (Å²) in [6, 6.07) is 14.4. The predicted octanol–water partition coefficient (Wildman–Crippen LogP) is 3.84. The Labute approximate surface area is 215 Å². The summed E-state index contributed by atoms with van der Waals surface area (Å²) in [5.74, 6) is 0.274. The van der Waals surface area contributed by atoms with E-state index in [0.717, 1.165) is 36.6 Å². The number of carbonyl (C=O) groups excluding carboxylic acids is 2. The van der Waals surface area contributed by atoms with Gasteiger partial charge in [-0.25, -0.2) is 9.79 Å². The number of amidine groups is 1. The Balaban J connectivity index is 0.00000342. The highest BCUT2D eigenvalue weighted by molar-refractivity contribution is 8.18. The van der Waals surface area contributed by atoms with Gasteiger partial charge in [-0.3, -0.25) is 14.6 Å². The third-order valence-corrected chi connectivity index (χ3v) is 6.56. The molecular formula is C25H28ClN3O5S. The van der Waals surface area contributed by atoms with Gasteiger partial charge in [-0.05, 0) is 59.8 Å². The highest BCUT2D eigenvalue weighted by Crippen LogP contribution is 2.34. The number of hydrogen-bond donors (Lipinski definition) is 0. The maximum atomic E-state index is 13.3. The van der Waals surface area contributed by atoms with Crippen LogP contribution in [0.5, 0.6) is 5.75 Å². The number of nitrogens with zero attached hydrogens (tertiary/aromatic N) is 3. The van der Waals surface area contributed by atoms with Crippen LogP contribution < -0.4 is 4.74 Å². The first-order valence-corrected chi connectivity index (χ1v) is 11.8. The lowest BCUT2D eigenvalue weighted by Gasteiger charge is -2.28. The monoisotopic (exact) mass is 517 g/mol. The number of ether oxygens (including phenoxy) is 3. The second-order valence-electron chi connectivity index (χ2n) is 7.73. The van der Waals surface area contributed by atoms with E-state index in [1.165, 1.54) is 18.9 Å². The quantitative estimate of drug-likeness (QED) is 0.407. The van der Waals surface area contributed by atoms with Gasteiger partial charge in [0.2, 0.25) is 0 Å². The van der Waals surface area contributed by atoms with Crippen LogP contribution in [0, 0.1) is 0 Å². The van der Waals surface area contributed by atoms with Crippen molar-refractivity contribution in [3.8, 4) is 5.75 Å². The van der Waals surface area contributed by atoms with E-state index in [0.29, 0.717) is 35.4 Å². The first-order valence-electron chi connectivity index (χ1n) is 11.0. The molecule has 2 aliphatic heterocycles. The average Bonchev–Trinajstić information content (AvgIpc) is 3.17. The minimum Gasteiger partial charge on any atom is -0.497 e. The van der Waals surface area contributed by atoms with E-state index in [9.17, 15) is 9.59 Å². The number of amides is 1. The molecule has 8 nitrogen and oxygen atoms in total. The highest BCUT2D eigenvalue weighted by atomic mass is 35.5. The lowest BCUT2D eigenvalue weighted by Crippen LogP contribution is -2.42. The van der Waals surface area contributed by atoms with E-state index in [1.54, 1.807) is 36.3 Å². The van der Waals surface area contributed by atoms with Crippen molar-refractivity contribution in [2.24, 2.45) is 4.99 Å². The van der Waals surface area contributed by atoms with Crippen LogP contribution in [0.25, 0.3) is 6.08 Å². The zero-order chi connectivity index (χ0) is 23.9. The molecule has 35 heavy (non-hydrogen) atoms. The number of aliphatic imine (C=N–C) groups is 1. The molecule has 0 N–H and O–H groups in total. The number of halogens is 1. The summed E-state index contributed by atoms with van der Waals surface area (Å²) in [6.45, 7) is 4.42. The molecule has 10 heteroatoms. The van der Waals surface area contributed by atoms with Crippen LogP contribution in [0.3, 0.4) is 0 Å². The van der Waals surface area contributed by atoms with Gasteiger partial charge in [0.05, 0.1) is 43.6 Å². The first kappa shape index (κ1) is 26.7. The molecular weight excluding hydrogens is 490 g/mol. The Morgan fingerprint density at radius 1 is 1.06 bits per heavy atom. The summed E-state index contributed by atoms with van der Waals surface area (Å²) in [6.07, 6.45) is 1.83. The minimum absolute atomic E-state index is 0. The molecule has 0 spiro atoms. The number of thioether (sulfide) groups is 1. The van der Waals surface area contributed by atoms with Crippen LogP contribution in [0.15, 0.2) is 58.4 Å². The van der Waals surface area contributed by atoms with Crippen molar-refractivity contribution in [1.29, 1.82) is 0 Å². The van der Waals surface area contributed by atoms with Crippen molar-refractivity contribution < 1.29 is 23.8 Å². The molecule has 2 fully saturated rings. The van der Waals surface area contributed by atoms with Crippen molar-refractivity contribution >= 4 is 53.0 Å². The highest BCUT2D eigenvalue weighted by Gasteiger charge is 2.33. The summed E-state index contributed by atoms with van der Waals surface area (Å²) in [5, 5.41) is 0.640. The van der Waals surface area contributed by atoms with Gasteiger partial charge >= 0.3 is 5.97 Å². The van der Waals surface area contributed by atoms with Crippen molar-refractivity contribution in [2.75, 3.05) is 53.6 Å². The molecule has 0 radical (unpaired) electrons. The zero-order valence-electron chi connectivity index (χ0n) is 19.6. The summed E-state index contributed by atoms with van der Waals surface area (Å²) >= 11 is 1.35. The van der Waals surface area contributed by atoms with Gasteiger partial charge in [0.1, 0.15) is 5.75 Å². The van der Waals surface area contributed by atoms with Crippen LogP contribution in [-0.2, 0) is 14.3 Å². The number of morpholine rings is 1. The van der Waals surface area contributed by atoms with Gasteiger partial charge in [-0.1, -0.05) is 12.1 Å². The maximum absolute atomic E-state index is 13.3. The van der Waals surface area contributed by atoms with E-state index < -0.39 is 5.97 Å². The van der Waals surface area contributed by atoms with Crippen LogP contribution in [0.2, 0.25) is 0 Å². The van der Waals surface area contributed by atoms with Gasteiger partial charge < -0.3 is 14.2 Å².